The van der Waals surface area contributed by atoms with Gasteiger partial charge in [-0.2, -0.15) is 0 Å². The van der Waals surface area contributed by atoms with Crippen LogP contribution in [0.25, 0.3) is 0 Å². The third kappa shape index (κ3) is 4.97. The third-order valence-corrected chi connectivity index (χ3v) is 5.54. The molecule has 138 valence electrons. The van der Waals surface area contributed by atoms with E-state index in [1.165, 1.54) is 30.2 Å². The third-order valence-electron chi connectivity index (χ3n) is 4.62. The first-order valence-corrected chi connectivity index (χ1v) is 10.1. The molecule has 0 bridgehead atoms. The highest BCUT2D eigenvalue weighted by Gasteiger charge is 2.18. The molecule has 0 aliphatic carbocycles. The number of anilines is 2. The van der Waals surface area contributed by atoms with Crippen LogP contribution in [0.15, 0.2) is 35.6 Å². The summed E-state index contributed by atoms with van der Waals surface area (Å²) in [7, 11) is 0. The van der Waals surface area contributed by atoms with Crippen LogP contribution in [0, 0.1) is 19.8 Å². The van der Waals surface area contributed by atoms with E-state index in [2.05, 4.69) is 33.2 Å². The van der Waals surface area contributed by atoms with Gasteiger partial charge in [0.1, 0.15) is 17.2 Å². The summed E-state index contributed by atoms with van der Waals surface area (Å²) in [6.45, 7) is 8.41. The second-order valence-electron chi connectivity index (χ2n) is 7.06. The molecule has 1 fully saturated rings. The predicted molar refractivity (Wildman–Crippen MR) is 108 cm³/mol. The summed E-state index contributed by atoms with van der Waals surface area (Å²) in [5.41, 5.74) is 3.13. The number of carbonyl (C=O) groups is 1. The van der Waals surface area contributed by atoms with Gasteiger partial charge in [0, 0.05) is 24.8 Å². The number of thioether (sulfide) groups is 1. The van der Waals surface area contributed by atoms with Gasteiger partial charge in [-0.25, -0.2) is 9.97 Å². The molecule has 0 spiro atoms. The molecule has 1 aromatic heterocycles. The Morgan fingerprint density at radius 1 is 1.31 bits per heavy atom. The first kappa shape index (κ1) is 18.7. The van der Waals surface area contributed by atoms with Crippen LogP contribution in [0.4, 0.5) is 11.5 Å². The van der Waals surface area contributed by atoms with E-state index < -0.39 is 0 Å². The Balaban J connectivity index is 1.57. The van der Waals surface area contributed by atoms with Crippen LogP contribution in [-0.4, -0.2) is 34.7 Å². The average Bonchev–Trinajstić information content (AvgIpc) is 2.63. The number of nitrogens with one attached hydrogen (secondary N) is 1. The lowest BCUT2D eigenvalue weighted by molar-refractivity contribution is -0.113. The van der Waals surface area contributed by atoms with Crippen LogP contribution >= 0.6 is 11.8 Å². The molecule has 1 aliphatic heterocycles. The average molecular weight is 371 g/mol. The van der Waals surface area contributed by atoms with Gasteiger partial charge in [-0.15, -0.1) is 0 Å². The monoisotopic (exact) mass is 370 g/mol. The molecule has 1 N–H and O–H groups in total. The van der Waals surface area contributed by atoms with E-state index in [1.54, 1.807) is 6.33 Å². The van der Waals surface area contributed by atoms with Gasteiger partial charge in [0.05, 0.1) is 5.75 Å². The van der Waals surface area contributed by atoms with E-state index in [0.717, 1.165) is 35.2 Å². The minimum Gasteiger partial charge on any atom is -0.356 e. The van der Waals surface area contributed by atoms with Gasteiger partial charge >= 0.3 is 0 Å². The van der Waals surface area contributed by atoms with Gasteiger partial charge in [-0.05, 0) is 44.2 Å². The molecule has 1 aliphatic rings. The molecular formula is C20H26N4OS. The zero-order valence-electron chi connectivity index (χ0n) is 15.7. The fourth-order valence-electron chi connectivity index (χ4n) is 3.26. The minimum absolute atomic E-state index is 0.0197. The van der Waals surface area contributed by atoms with Crippen molar-refractivity contribution in [3.05, 3.63) is 41.7 Å². The van der Waals surface area contributed by atoms with E-state index in [1.807, 2.05) is 32.0 Å². The van der Waals surface area contributed by atoms with Crippen molar-refractivity contribution in [1.82, 2.24) is 9.97 Å². The summed E-state index contributed by atoms with van der Waals surface area (Å²) in [6, 6.07) is 8.02. The van der Waals surface area contributed by atoms with E-state index in [0.29, 0.717) is 11.7 Å². The van der Waals surface area contributed by atoms with Gasteiger partial charge in [-0.1, -0.05) is 36.4 Å². The summed E-state index contributed by atoms with van der Waals surface area (Å²) in [4.78, 5) is 23.3. The second-order valence-corrected chi connectivity index (χ2v) is 8.06. The summed E-state index contributed by atoms with van der Waals surface area (Å²) >= 11 is 1.45. The van der Waals surface area contributed by atoms with Crippen molar-refractivity contribution in [3.8, 4) is 0 Å². The molecule has 0 radical (unpaired) electrons. The number of hydrogen-bond acceptors (Lipinski definition) is 5. The molecule has 26 heavy (non-hydrogen) atoms. The first-order chi connectivity index (χ1) is 12.5. The molecular weight excluding hydrogens is 344 g/mol. The summed E-state index contributed by atoms with van der Waals surface area (Å²) in [5, 5.41) is 3.81. The minimum atomic E-state index is -0.0197. The second kappa shape index (κ2) is 8.54. The Morgan fingerprint density at radius 2 is 2.15 bits per heavy atom. The largest absolute Gasteiger partial charge is 0.356 e. The lowest BCUT2D eigenvalue weighted by Gasteiger charge is -2.31. The molecule has 1 atom stereocenters. The summed E-state index contributed by atoms with van der Waals surface area (Å²) in [6.07, 6.45) is 4.08. The maximum atomic E-state index is 12.3. The van der Waals surface area contributed by atoms with Crippen LogP contribution in [0.1, 0.15) is 30.9 Å². The number of aryl methyl sites for hydroxylation is 2. The number of aromatic nitrogens is 2. The zero-order valence-corrected chi connectivity index (χ0v) is 16.5. The first-order valence-electron chi connectivity index (χ1n) is 9.08. The topological polar surface area (TPSA) is 58.1 Å². The van der Waals surface area contributed by atoms with Gasteiger partial charge < -0.3 is 10.2 Å². The van der Waals surface area contributed by atoms with E-state index >= 15 is 0 Å². The Bertz CT molecular complexity index is 780. The fraction of sp³-hybridized carbons (Fsp3) is 0.450. The van der Waals surface area contributed by atoms with Crippen LogP contribution < -0.4 is 10.2 Å². The van der Waals surface area contributed by atoms with Gasteiger partial charge in [0.15, 0.2) is 0 Å². The number of amides is 1. The van der Waals surface area contributed by atoms with Crippen molar-refractivity contribution in [1.29, 1.82) is 0 Å². The molecule has 0 unspecified atom stereocenters. The van der Waals surface area contributed by atoms with E-state index in [9.17, 15) is 4.79 Å². The van der Waals surface area contributed by atoms with Crippen molar-refractivity contribution >= 4 is 29.2 Å². The zero-order chi connectivity index (χ0) is 18.5. The Kier molecular flexibility index (Phi) is 6.14. The molecule has 6 heteroatoms. The van der Waals surface area contributed by atoms with Crippen LogP contribution in [-0.2, 0) is 4.79 Å². The smallest absolute Gasteiger partial charge is 0.234 e. The standard InChI is InChI=1S/C20H26N4OS/c1-14-6-7-17(16(3)9-14)23-19(25)12-26-20-10-18(21-13-22-20)24-8-4-5-15(2)11-24/h6-7,9-10,13,15H,4-5,8,11-12H2,1-3H3,(H,23,25)/t15-/m1/s1. The Morgan fingerprint density at radius 3 is 2.92 bits per heavy atom. The summed E-state index contributed by atoms with van der Waals surface area (Å²) < 4.78 is 0. The lowest BCUT2D eigenvalue weighted by atomic mass is 10.0. The van der Waals surface area contributed by atoms with Crippen LogP contribution in [0.2, 0.25) is 0 Å². The van der Waals surface area contributed by atoms with E-state index in [4.69, 9.17) is 0 Å². The molecule has 1 aromatic carbocycles. The van der Waals surface area contributed by atoms with Gasteiger partial charge in [0.25, 0.3) is 0 Å². The SMILES string of the molecule is Cc1ccc(NC(=O)CSc2cc(N3CCC[C@@H](C)C3)ncn2)c(C)c1. The van der Waals surface area contributed by atoms with Gasteiger partial charge in [-0.3, -0.25) is 4.79 Å². The maximum Gasteiger partial charge on any atom is 0.234 e. The van der Waals surface area contributed by atoms with Crippen LogP contribution in [0.5, 0.6) is 0 Å². The fourth-order valence-corrected chi connectivity index (χ4v) is 3.92. The lowest BCUT2D eigenvalue weighted by Crippen LogP contribution is -2.34. The highest BCUT2D eigenvalue weighted by atomic mass is 32.2. The number of carbonyl (C=O) groups excluding carboxylic acids is 1. The van der Waals surface area contributed by atoms with Crippen molar-refractivity contribution in [2.24, 2.45) is 5.92 Å². The number of benzene rings is 1. The Labute approximate surface area is 159 Å². The van der Waals surface area contributed by atoms with Crippen molar-refractivity contribution in [2.45, 2.75) is 38.6 Å². The van der Waals surface area contributed by atoms with Crippen molar-refractivity contribution in [3.63, 3.8) is 0 Å². The van der Waals surface area contributed by atoms with Crippen LogP contribution in [0.3, 0.4) is 0 Å². The highest BCUT2D eigenvalue weighted by Crippen LogP contribution is 2.24. The number of hydrogen-bond donors (Lipinski definition) is 1. The molecule has 2 heterocycles. The number of rotatable bonds is 5. The molecule has 2 aromatic rings. The highest BCUT2D eigenvalue weighted by molar-refractivity contribution is 7.99. The van der Waals surface area contributed by atoms with Crippen molar-refractivity contribution in [2.75, 3.05) is 29.1 Å². The predicted octanol–water partition coefficient (Wildman–Crippen LogP) is 4.06. The summed E-state index contributed by atoms with van der Waals surface area (Å²) in [5.74, 6) is 1.97. The Hall–Kier alpha value is -2.08. The molecule has 3 rings (SSSR count). The molecule has 1 amide bonds. The normalized spacial score (nSPS) is 17.2. The number of piperidine rings is 1. The molecule has 0 saturated carbocycles. The molecule has 5 nitrogen and oxygen atoms in total. The van der Waals surface area contributed by atoms with Crippen molar-refractivity contribution < 1.29 is 4.79 Å². The van der Waals surface area contributed by atoms with Gasteiger partial charge in [0.2, 0.25) is 5.91 Å². The molecule has 1 saturated heterocycles. The quantitative estimate of drug-likeness (QED) is 0.635. The maximum absolute atomic E-state index is 12.3. The van der Waals surface area contributed by atoms with E-state index in [-0.39, 0.29) is 5.91 Å². The number of nitrogens with zero attached hydrogens (tertiary/aromatic N) is 3.